The third-order valence-electron chi connectivity index (χ3n) is 4.80. The van der Waals surface area contributed by atoms with Crippen LogP contribution in [0.15, 0.2) is 30.3 Å². The van der Waals surface area contributed by atoms with E-state index in [2.05, 4.69) is 60.0 Å². The summed E-state index contributed by atoms with van der Waals surface area (Å²) in [5, 5.41) is 1.23. The van der Waals surface area contributed by atoms with Gasteiger partial charge in [0.2, 0.25) is 0 Å². The highest BCUT2D eigenvalue weighted by molar-refractivity contribution is 5.94. The maximum absolute atomic E-state index is 4.40. The minimum absolute atomic E-state index is 0.935. The first-order chi connectivity index (χ1) is 13.4. The predicted molar refractivity (Wildman–Crippen MR) is 113 cm³/mol. The predicted octanol–water partition coefficient (Wildman–Crippen LogP) is 4.72. The van der Waals surface area contributed by atoms with E-state index in [1.165, 1.54) is 11.1 Å². The van der Waals surface area contributed by atoms with Crippen LogP contribution >= 0.6 is 0 Å². The lowest BCUT2D eigenvalue weighted by atomic mass is 10.2. The molecule has 0 spiro atoms. The first kappa shape index (κ1) is 16.6. The highest BCUT2D eigenvalue weighted by atomic mass is 14.9. The molecule has 6 rings (SSSR count). The van der Waals surface area contributed by atoms with Crippen LogP contribution in [0.4, 0.5) is 0 Å². The summed E-state index contributed by atoms with van der Waals surface area (Å²) in [6.45, 7) is 7.94. The molecule has 0 atom stereocenters. The van der Waals surface area contributed by atoms with Crippen LogP contribution in [0.1, 0.15) is 23.2 Å². The van der Waals surface area contributed by atoms with Gasteiger partial charge in [-0.05, 0) is 58.0 Å². The number of aromatic amines is 4. The zero-order chi connectivity index (χ0) is 19.4. The van der Waals surface area contributed by atoms with Crippen molar-refractivity contribution < 1.29 is 0 Å². The number of fused-ring (bicyclic) bond motifs is 4. The van der Waals surface area contributed by atoms with Gasteiger partial charge in [0.15, 0.2) is 0 Å². The van der Waals surface area contributed by atoms with Crippen molar-refractivity contribution in [2.24, 2.45) is 0 Å². The summed E-state index contributed by atoms with van der Waals surface area (Å²) < 4.78 is 0. The maximum Gasteiger partial charge on any atom is 0.104 e. The number of nitrogens with zero attached hydrogens (tertiary/aromatic N) is 3. The number of hydrogen-bond acceptors (Lipinski definition) is 3. The second-order valence-corrected chi connectivity index (χ2v) is 7.26. The molecule has 7 heteroatoms. The van der Waals surface area contributed by atoms with Gasteiger partial charge >= 0.3 is 0 Å². The second kappa shape index (κ2) is 5.95. The Labute approximate surface area is 160 Å². The fourth-order valence-corrected chi connectivity index (χ4v) is 3.68. The normalized spacial score (nSPS) is 11.6. The number of hydrogen-bond donors (Lipinski definition) is 4. The van der Waals surface area contributed by atoms with Crippen molar-refractivity contribution in [3.8, 4) is 0 Å². The Hall–Kier alpha value is -3.61. The molecule has 4 aromatic heterocycles. The third kappa shape index (κ3) is 2.81. The van der Waals surface area contributed by atoms with Crippen LogP contribution in [0.2, 0.25) is 0 Å². The minimum atomic E-state index is 0.935. The first-order valence-corrected chi connectivity index (χ1v) is 9.23. The molecule has 28 heavy (non-hydrogen) atoms. The van der Waals surface area contributed by atoms with Gasteiger partial charge in [-0.25, -0.2) is 15.0 Å². The number of aromatic nitrogens is 7. The largest absolute Gasteiger partial charge is 0.359 e. The zero-order valence-electron chi connectivity index (χ0n) is 16.2. The molecule has 0 unspecified atom stereocenters. The minimum Gasteiger partial charge on any atom is -0.359 e. The topological polar surface area (TPSA) is 102 Å². The Morgan fingerprint density at radius 2 is 1.00 bits per heavy atom. The summed E-state index contributed by atoms with van der Waals surface area (Å²) in [6, 6.07) is 10.4. The summed E-state index contributed by atoms with van der Waals surface area (Å²) in [5.41, 5.74) is 8.53. The summed E-state index contributed by atoms with van der Waals surface area (Å²) in [5.74, 6) is 2.83. The Morgan fingerprint density at radius 1 is 0.500 bits per heavy atom. The van der Waals surface area contributed by atoms with Gasteiger partial charge in [0.1, 0.15) is 17.5 Å². The number of aryl methyl sites for hydroxylation is 4. The van der Waals surface area contributed by atoms with Crippen LogP contribution in [-0.2, 0) is 0 Å². The smallest absolute Gasteiger partial charge is 0.104 e. The molecule has 0 aliphatic carbocycles. The van der Waals surface area contributed by atoms with Crippen molar-refractivity contribution in [1.82, 2.24) is 34.9 Å². The molecular weight excluding hydrogens is 350 g/mol. The number of benzene rings is 2. The van der Waals surface area contributed by atoms with Crippen LogP contribution in [0.25, 0.3) is 44.0 Å². The molecular formula is C21H21N7. The van der Waals surface area contributed by atoms with Gasteiger partial charge in [0.05, 0.1) is 33.1 Å². The fourth-order valence-electron chi connectivity index (χ4n) is 3.68. The highest BCUT2D eigenvalue weighted by Gasteiger charge is 2.05. The molecule has 2 aromatic carbocycles. The molecule has 0 aliphatic rings. The summed E-state index contributed by atoms with van der Waals surface area (Å²) >= 11 is 0. The van der Waals surface area contributed by atoms with Crippen molar-refractivity contribution in [3.05, 3.63) is 53.5 Å². The van der Waals surface area contributed by atoms with Crippen molar-refractivity contribution in [1.29, 1.82) is 0 Å². The fraction of sp³-hybridized carbons (Fsp3) is 0.190. The van der Waals surface area contributed by atoms with E-state index in [1.807, 2.05) is 32.9 Å². The van der Waals surface area contributed by atoms with Crippen LogP contribution in [0.5, 0.6) is 0 Å². The van der Waals surface area contributed by atoms with E-state index in [4.69, 9.17) is 0 Å². The number of nitrogens with one attached hydrogen (secondary N) is 4. The monoisotopic (exact) mass is 371 g/mol. The van der Waals surface area contributed by atoms with Gasteiger partial charge < -0.3 is 19.9 Å². The SMILES string of the molecule is Cc1cc2cc3[nH]c(C)nc3cc2[nH]1.Cc1nc2cc3nc(C)[nH]c3cc2[nH]1. The van der Waals surface area contributed by atoms with Gasteiger partial charge in [-0.3, -0.25) is 0 Å². The Balaban J connectivity index is 0.000000122. The molecule has 7 nitrogen and oxygen atoms in total. The van der Waals surface area contributed by atoms with E-state index in [0.29, 0.717) is 0 Å². The zero-order valence-corrected chi connectivity index (χ0v) is 16.2. The maximum atomic E-state index is 4.40. The molecule has 0 amide bonds. The average molecular weight is 371 g/mol. The quantitative estimate of drug-likeness (QED) is 0.311. The van der Waals surface area contributed by atoms with E-state index >= 15 is 0 Å². The molecule has 140 valence electrons. The second-order valence-electron chi connectivity index (χ2n) is 7.26. The number of imidazole rings is 3. The highest BCUT2D eigenvalue weighted by Crippen LogP contribution is 2.21. The lowest BCUT2D eigenvalue weighted by Crippen LogP contribution is -1.71. The van der Waals surface area contributed by atoms with Gasteiger partial charge in [-0.2, -0.15) is 0 Å². The van der Waals surface area contributed by atoms with E-state index in [0.717, 1.165) is 56.1 Å². The van der Waals surface area contributed by atoms with E-state index < -0.39 is 0 Å². The van der Waals surface area contributed by atoms with Gasteiger partial charge in [-0.15, -0.1) is 0 Å². The molecule has 0 saturated heterocycles. The number of H-pyrrole nitrogens is 4. The molecule has 0 bridgehead atoms. The Bertz CT molecular complexity index is 1140. The summed E-state index contributed by atoms with van der Waals surface area (Å²) in [4.78, 5) is 26.1. The Kier molecular flexibility index (Phi) is 3.52. The lowest BCUT2D eigenvalue weighted by molar-refractivity contribution is 1.16. The molecule has 0 radical (unpaired) electrons. The lowest BCUT2D eigenvalue weighted by Gasteiger charge is -1.89. The van der Waals surface area contributed by atoms with Crippen molar-refractivity contribution in [2.75, 3.05) is 0 Å². The van der Waals surface area contributed by atoms with Crippen LogP contribution in [0, 0.1) is 27.7 Å². The van der Waals surface area contributed by atoms with E-state index in [-0.39, 0.29) is 0 Å². The standard InChI is InChI=1S/C11H11N3.C10H10N4/c1-6-3-8-4-10-11(5-9(8)12-6)14-7(2)13-10;1-5-11-7-3-9-10(4-8(7)12-5)14-6(2)13-9/h3-5,12H,1-2H3,(H,13,14);3-4H,1-2H3,(H,11,12)(H,13,14). The van der Waals surface area contributed by atoms with Crippen molar-refractivity contribution in [2.45, 2.75) is 27.7 Å². The van der Waals surface area contributed by atoms with Gasteiger partial charge in [-0.1, -0.05) is 0 Å². The molecule has 0 saturated carbocycles. The number of rotatable bonds is 0. The van der Waals surface area contributed by atoms with Crippen LogP contribution in [0.3, 0.4) is 0 Å². The molecule has 0 aliphatic heterocycles. The summed E-state index contributed by atoms with van der Waals surface area (Å²) in [7, 11) is 0. The van der Waals surface area contributed by atoms with E-state index in [9.17, 15) is 0 Å². The average Bonchev–Trinajstić information content (AvgIpc) is 3.33. The molecule has 4 heterocycles. The molecule has 0 fully saturated rings. The molecule has 4 N–H and O–H groups in total. The van der Waals surface area contributed by atoms with Crippen molar-refractivity contribution in [3.63, 3.8) is 0 Å². The van der Waals surface area contributed by atoms with Gasteiger partial charge in [0, 0.05) is 16.6 Å². The first-order valence-electron chi connectivity index (χ1n) is 9.23. The van der Waals surface area contributed by atoms with Gasteiger partial charge in [0.25, 0.3) is 0 Å². The van der Waals surface area contributed by atoms with Crippen LogP contribution < -0.4 is 0 Å². The molecule has 6 aromatic rings. The van der Waals surface area contributed by atoms with E-state index in [1.54, 1.807) is 0 Å². The van der Waals surface area contributed by atoms with Crippen LogP contribution in [-0.4, -0.2) is 34.9 Å². The third-order valence-corrected chi connectivity index (χ3v) is 4.80. The summed E-state index contributed by atoms with van der Waals surface area (Å²) in [6.07, 6.45) is 0. The Morgan fingerprint density at radius 3 is 1.57 bits per heavy atom. The van der Waals surface area contributed by atoms with Crippen molar-refractivity contribution >= 4 is 44.0 Å².